The summed E-state index contributed by atoms with van der Waals surface area (Å²) in [5.41, 5.74) is 2.29. The molecular weight excluding hydrogens is 426 g/mol. The fourth-order valence-corrected chi connectivity index (χ4v) is 3.45. The fraction of sp³-hybridized carbons (Fsp3) is 0.217. The number of methoxy groups -OCH3 is 2. The van der Waals surface area contributed by atoms with E-state index in [0.717, 1.165) is 15.8 Å². The Kier molecular flexibility index (Phi) is 5.99. The number of nitrogens with zero attached hydrogens (tertiary/aromatic N) is 4. The SMILES string of the molecule is COc1ccc(NC(=O)Cn2nc3c(Oc4cc(C)cc(C)c4)nccn3c2=O)cc1OC. The van der Waals surface area contributed by atoms with Crippen LogP contribution in [0.25, 0.3) is 5.65 Å². The highest BCUT2D eigenvalue weighted by atomic mass is 16.5. The first-order valence-corrected chi connectivity index (χ1v) is 10.1. The van der Waals surface area contributed by atoms with Crippen molar-refractivity contribution in [1.82, 2.24) is 19.2 Å². The quantitative estimate of drug-likeness (QED) is 0.462. The molecule has 0 bridgehead atoms. The number of rotatable bonds is 7. The number of benzene rings is 2. The molecule has 1 amide bonds. The Hall–Kier alpha value is -4.34. The van der Waals surface area contributed by atoms with Gasteiger partial charge in [-0.25, -0.2) is 18.9 Å². The van der Waals surface area contributed by atoms with Crippen molar-refractivity contribution in [2.24, 2.45) is 0 Å². The van der Waals surface area contributed by atoms with Crippen LogP contribution in [0.5, 0.6) is 23.1 Å². The van der Waals surface area contributed by atoms with E-state index in [1.165, 1.54) is 31.0 Å². The van der Waals surface area contributed by atoms with Crippen LogP contribution >= 0.6 is 0 Å². The van der Waals surface area contributed by atoms with Gasteiger partial charge in [-0.2, -0.15) is 0 Å². The molecule has 0 unspecified atom stereocenters. The summed E-state index contributed by atoms with van der Waals surface area (Å²) in [5, 5.41) is 6.99. The number of hydrogen-bond donors (Lipinski definition) is 1. The number of nitrogens with one attached hydrogen (secondary N) is 1. The first kappa shape index (κ1) is 21.9. The predicted octanol–water partition coefficient (Wildman–Crippen LogP) is 2.96. The number of aromatic nitrogens is 4. The number of carbonyl (C=O) groups excluding carboxylic acids is 1. The van der Waals surface area contributed by atoms with Gasteiger partial charge in [-0.05, 0) is 49.2 Å². The van der Waals surface area contributed by atoms with Gasteiger partial charge in [0.15, 0.2) is 11.5 Å². The lowest BCUT2D eigenvalue weighted by Crippen LogP contribution is -2.28. The molecule has 2 aromatic heterocycles. The largest absolute Gasteiger partial charge is 0.493 e. The minimum Gasteiger partial charge on any atom is -0.493 e. The van der Waals surface area contributed by atoms with Crippen molar-refractivity contribution in [3.05, 3.63) is 70.4 Å². The van der Waals surface area contributed by atoms with Gasteiger partial charge in [0.2, 0.25) is 11.6 Å². The third-order valence-corrected chi connectivity index (χ3v) is 4.84. The molecule has 33 heavy (non-hydrogen) atoms. The van der Waals surface area contributed by atoms with Crippen molar-refractivity contribution >= 4 is 17.2 Å². The van der Waals surface area contributed by atoms with E-state index in [-0.39, 0.29) is 18.1 Å². The highest BCUT2D eigenvalue weighted by molar-refractivity contribution is 5.90. The second-order valence-electron chi connectivity index (χ2n) is 7.41. The number of aryl methyl sites for hydroxylation is 2. The number of anilines is 1. The van der Waals surface area contributed by atoms with Crippen LogP contribution < -0.4 is 25.2 Å². The molecule has 0 aliphatic carbocycles. The molecule has 0 saturated carbocycles. The van der Waals surface area contributed by atoms with Crippen LogP contribution in [0.1, 0.15) is 11.1 Å². The highest BCUT2D eigenvalue weighted by Gasteiger charge is 2.16. The Morgan fingerprint density at radius 2 is 1.76 bits per heavy atom. The summed E-state index contributed by atoms with van der Waals surface area (Å²) in [6, 6.07) is 10.7. The normalized spacial score (nSPS) is 10.8. The maximum absolute atomic E-state index is 12.8. The molecule has 0 aliphatic heterocycles. The van der Waals surface area contributed by atoms with E-state index >= 15 is 0 Å². The summed E-state index contributed by atoms with van der Waals surface area (Å²) in [7, 11) is 3.03. The van der Waals surface area contributed by atoms with Gasteiger partial charge in [0.25, 0.3) is 5.88 Å². The van der Waals surface area contributed by atoms with Gasteiger partial charge < -0.3 is 19.5 Å². The Morgan fingerprint density at radius 3 is 2.45 bits per heavy atom. The number of carbonyl (C=O) groups is 1. The van der Waals surface area contributed by atoms with Crippen LogP contribution in [0.3, 0.4) is 0 Å². The van der Waals surface area contributed by atoms with Crippen molar-refractivity contribution in [2.75, 3.05) is 19.5 Å². The van der Waals surface area contributed by atoms with Crippen LogP contribution in [0.15, 0.2) is 53.6 Å². The molecule has 0 spiro atoms. The molecule has 0 atom stereocenters. The lowest BCUT2D eigenvalue weighted by molar-refractivity contribution is -0.117. The molecule has 2 aromatic carbocycles. The summed E-state index contributed by atoms with van der Waals surface area (Å²) >= 11 is 0. The maximum atomic E-state index is 12.8. The average molecular weight is 449 g/mol. The van der Waals surface area contributed by atoms with Gasteiger partial charge in [0.1, 0.15) is 12.3 Å². The molecule has 10 heteroatoms. The molecule has 0 saturated heterocycles. The topological polar surface area (TPSA) is 109 Å². The van der Waals surface area contributed by atoms with Crippen LogP contribution in [-0.2, 0) is 11.3 Å². The van der Waals surface area contributed by atoms with Gasteiger partial charge in [-0.15, -0.1) is 5.10 Å². The number of hydrogen-bond acceptors (Lipinski definition) is 7. The zero-order chi connectivity index (χ0) is 23.5. The van der Waals surface area contributed by atoms with E-state index in [0.29, 0.717) is 22.9 Å². The Bertz CT molecular complexity index is 1370. The zero-order valence-electron chi connectivity index (χ0n) is 18.7. The van der Waals surface area contributed by atoms with Gasteiger partial charge >= 0.3 is 5.69 Å². The molecule has 2 heterocycles. The monoisotopic (exact) mass is 449 g/mol. The van der Waals surface area contributed by atoms with Crippen LogP contribution in [0, 0.1) is 13.8 Å². The first-order chi connectivity index (χ1) is 15.9. The maximum Gasteiger partial charge on any atom is 0.351 e. The summed E-state index contributed by atoms with van der Waals surface area (Å²) in [6.07, 6.45) is 2.92. The Balaban J connectivity index is 1.57. The lowest BCUT2D eigenvalue weighted by Gasteiger charge is -2.10. The molecule has 4 aromatic rings. The number of fused-ring (bicyclic) bond motifs is 1. The molecule has 1 N–H and O–H groups in total. The van der Waals surface area contributed by atoms with Crippen molar-refractivity contribution in [2.45, 2.75) is 20.4 Å². The molecule has 0 aliphatic rings. The van der Waals surface area contributed by atoms with E-state index in [2.05, 4.69) is 15.4 Å². The van der Waals surface area contributed by atoms with Crippen molar-refractivity contribution < 1.29 is 19.0 Å². The van der Waals surface area contributed by atoms with Crippen molar-refractivity contribution in [1.29, 1.82) is 0 Å². The van der Waals surface area contributed by atoms with Crippen molar-refractivity contribution in [3.63, 3.8) is 0 Å². The summed E-state index contributed by atoms with van der Waals surface area (Å²) in [6.45, 7) is 3.63. The Morgan fingerprint density at radius 1 is 1.03 bits per heavy atom. The molecule has 170 valence electrons. The number of amides is 1. The van der Waals surface area contributed by atoms with E-state index in [1.54, 1.807) is 18.2 Å². The third kappa shape index (κ3) is 4.64. The van der Waals surface area contributed by atoms with Crippen LogP contribution in [0.2, 0.25) is 0 Å². The summed E-state index contributed by atoms with van der Waals surface area (Å²) in [5.74, 6) is 1.33. The number of ether oxygens (including phenoxy) is 3. The first-order valence-electron chi connectivity index (χ1n) is 10.1. The smallest absolute Gasteiger partial charge is 0.351 e. The van der Waals surface area contributed by atoms with E-state index in [9.17, 15) is 9.59 Å². The van der Waals surface area contributed by atoms with Crippen LogP contribution in [0.4, 0.5) is 5.69 Å². The fourth-order valence-electron chi connectivity index (χ4n) is 3.45. The second kappa shape index (κ2) is 9.03. The third-order valence-electron chi connectivity index (χ3n) is 4.84. The van der Waals surface area contributed by atoms with Gasteiger partial charge in [-0.1, -0.05) is 6.07 Å². The highest BCUT2D eigenvalue weighted by Crippen LogP contribution is 2.29. The van der Waals surface area contributed by atoms with Gasteiger partial charge in [0.05, 0.1) is 14.2 Å². The average Bonchev–Trinajstić information content (AvgIpc) is 3.09. The van der Waals surface area contributed by atoms with Gasteiger partial charge in [-0.3, -0.25) is 4.79 Å². The second-order valence-corrected chi connectivity index (χ2v) is 7.41. The minimum absolute atomic E-state index is 0.165. The molecule has 0 fully saturated rings. The molecular formula is C23H23N5O5. The Labute approximate surface area is 189 Å². The standard InChI is InChI=1S/C23H23N5O5/c1-14-9-15(2)11-17(10-14)33-22-21-26-28(23(30)27(21)8-7-24-22)13-20(29)25-16-5-6-18(31-3)19(12-16)32-4/h5-12H,13H2,1-4H3,(H,25,29). The predicted molar refractivity (Wildman–Crippen MR) is 121 cm³/mol. The molecule has 0 radical (unpaired) electrons. The molecule has 4 rings (SSSR count). The zero-order valence-corrected chi connectivity index (χ0v) is 18.7. The van der Waals surface area contributed by atoms with Crippen LogP contribution in [-0.4, -0.2) is 39.3 Å². The molecule has 10 nitrogen and oxygen atoms in total. The summed E-state index contributed by atoms with van der Waals surface area (Å²) < 4.78 is 18.7. The van der Waals surface area contributed by atoms with E-state index in [1.807, 2.05) is 32.0 Å². The minimum atomic E-state index is -0.486. The summed E-state index contributed by atoms with van der Waals surface area (Å²) in [4.78, 5) is 29.6. The van der Waals surface area contributed by atoms with Crippen molar-refractivity contribution in [3.8, 4) is 23.1 Å². The lowest BCUT2D eigenvalue weighted by atomic mass is 10.1. The van der Waals surface area contributed by atoms with Gasteiger partial charge in [0, 0.05) is 24.1 Å². The van der Waals surface area contributed by atoms with E-state index < -0.39 is 11.6 Å². The van der Waals surface area contributed by atoms with E-state index in [4.69, 9.17) is 14.2 Å².